The first kappa shape index (κ1) is 18.7. The lowest BCUT2D eigenvalue weighted by molar-refractivity contribution is -0.350. The Morgan fingerprint density at radius 2 is 1.96 bits per heavy atom. The van der Waals surface area contributed by atoms with Crippen molar-refractivity contribution in [2.45, 2.75) is 63.8 Å². The van der Waals surface area contributed by atoms with Gasteiger partial charge in [-0.2, -0.15) is 15.8 Å². The number of hydrogen-bond donors (Lipinski definition) is 1. The topological polar surface area (TPSA) is 114 Å². The van der Waals surface area contributed by atoms with Gasteiger partial charge in [-0.1, -0.05) is 24.6 Å². The molecule has 3 heterocycles. The van der Waals surface area contributed by atoms with Crippen molar-refractivity contribution >= 4 is 5.90 Å². The number of allylic oxidation sites excluding steroid dienone is 2. The van der Waals surface area contributed by atoms with Crippen molar-refractivity contribution in [3.63, 3.8) is 0 Å². The fraction of sp³-hybridized carbons (Fsp3) is 0.636. The molecule has 4 fully saturated rings. The molecule has 1 N–H and O–H groups in total. The van der Waals surface area contributed by atoms with Gasteiger partial charge in [0.15, 0.2) is 10.8 Å². The molecule has 0 unspecified atom stereocenters. The zero-order chi connectivity index (χ0) is 20.2. The Morgan fingerprint density at radius 1 is 1.21 bits per heavy atom. The van der Waals surface area contributed by atoms with Crippen LogP contribution < -0.4 is 0 Å². The second-order valence-corrected chi connectivity index (χ2v) is 8.59. The molecule has 2 aliphatic carbocycles. The van der Waals surface area contributed by atoms with E-state index in [1.54, 1.807) is 0 Å². The van der Waals surface area contributed by atoms with Crippen LogP contribution in [0.3, 0.4) is 0 Å². The number of hydrogen-bond acceptors (Lipinski definition) is 6. The maximum absolute atomic E-state index is 10.3. The first-order valence-electron chi connectivity index (χ1n) is 9.94. The highest BCUT2D eigenvalue weighted by atomic mass is 16.7. The average Bonchev–Trinajstić information content (AvgIpc) is 2.72. The van der Waals surface area contributed by atoms with Crippen LogP contribution in [0, 0.1) is 62.1 Å². The maximum atomic E-state index is 10.3. The number of ether oxygens (including phenoxy) is 2. The lowest BCUT2D eigenvalue weighted by atomic mass is 9.48. The molecule has 28 heavy (non-hydrogen) atoms. The summed E-state index contributed by atoms with van der Waals surface area (Å²) < 4.78 is 12.4. The Balaban J connectivity index is 1.87. The van der Waals surface area contributed by atoms with Gasteiger partial charge >= 0.3 is 0 Å². The fourth-order valence-corrected chi connectivity index (χ4v) is 5.72. The van der Waals surface area contributed by atoms with Gasteiger partial charge in [0.05, 0.1) is 24.1 Å². The molecule has 5 aliphatic rings. The Labute approximate surface area is 165 Å². The zero-order valence-electron chi connectivity index (χ0n) is 16.1. The standard InChI is InChI=1S/C22H24N4O2/c1-14(2)15-6-8-16(9-7-15)18-21(13-25)19(26)28-22(27-18)10-4-3-5-17(22)20(21,11-23)12-24/h8,15,17-18,26H,1,3-7,9-10H2,2H3/t15-,17+,18-,21-,22-/m1/s1. The monoisotopic (exact) mass is 376 g/mol. The van der Waals surface area contributed by atoms with Crippen molar-refractivity contribution < 1.29 is 9.47 Å². The van der Waals surface area contributed by atoms with Crippen LogP contribution in [0.1, 0.15) is 51.9 Å². The van der Waals surface area contributed by atoms with Crippen LogP contribution in [0.2, 0.25) is 0 Å². The summed E-state index contributed by atoms with van der Waals surface area (Å²) in [5, 5.41) is 39.2. The predicted molar refractivity (Wildman–Crippen MR) is 100 cm³/mol. The van der Waals surface area contributed by atoms with Crippen LogP contribution in [0.25, 0.3) is 0 Å². The number of nitriles is 3. The highest BCUT2D eigenvalue weighted by Gasteiger charge is 2.80. The minimum absolute atomic E-state index is 0.282. The summed E-state index contributed by atoms with van der Waals surface area (Å²) in [6.07, 6.45) is 6.47. The third-order valence-electron chi connectivity index (χ3n) is 7.30. The minimum atomic E-state index is -1.73. The molecule has 5 rings (SSSR count). The van der Waals surface area contributed by atoms with Crippen molar-refractivity contribution in [2.75, 3.05) is 0 Å². The molecule has 0 aromatic heterocycles. The third-order valence-corrected chi connectivity index (χ3v) is 7.30. The summed E-state index contributed by atoms with van der Waals surface area (Å²) in [5.41, 5.74) is -1.35. The summed E-state index contributed by atoms with van der Waals surface area (Å²) in [7, 11) is 0. The first-order chi connectivity index (χ1) is 13.4. The van der Waals surface area contributed by atoms with Gasteiger partial charge in [0.25, 0.3) is 0 Å². The zero-order valence-corrected chi connectivity index (χ0v) is 16.1. The number of nitrogens with zero attached hydrogens (tertiary/aromatic N) is 3. The van der Waals surface area contributed by atoms with Crippen LogP contribution in [-0.2, 0) is 9.47 Å². The van der Waals surface area contributed by atoms with Gasteiger partial charge in [-0.05, 0) is 50.5 Å². The molecule has 3 aliphatic heterocycles. The second-order valence-electron chi connectivity index (χ2n) is 8.59. The van der Waals surface area contributed by atoms with Gasteiger partial charge in [0, 0.05) is 6.42 Å². The SMILES string of the molecule is C=C(C)[C@@H]1CC=C([C@H]2O[C@@]34CCCC[C@H]3C(C#N)(C#N)[C@@]2(C#N)C(=N)O4)CC1. The van der Waals surface area contributed by atoms with E-state index in [9.17, 15) is 15.8 Å². The van der Waals surface area contributed by atoms with Crippen LogP contribution in [0.4, 0.5) is 0 Å². The smallest absolute Gasteiger partial charge is 0.218 e. The van der Waals surface area contributed by atoms with E-state index in [2.05, 4.69) is 30.9 Å². The van der Waals surface area contributed by atoms with Crippen LogP contribution in [0.15, 0.2) is 23.8 Å². The molecule has 1 spiro atoms. The van der Waals surface area contributed by atoms with Crippen molar-refractivity contribution in [3.8, 4) is 18.2 Å². The summed E-state index contributed by atoms with van der Waals surface area (Å²) in [4.78, 5) is 0. The summed E-state index contributed by atoms with van der Waals surface area (Å²) >= 11 is 0. The normalized spacial score (nSPS) is 40.7. The van der Waals surface area contributed by atoms with Crippen LogP contribution in [-0.4, -0.2) is 17.8 Å². The van der Waals surface area contributed by atoms with E-state index in [-0.39, 0.29) is 5.90 Å². The molecule has 0 amide bonds. The molecule has 144 valence electrons. The largest absolute Gasteiger partial charge is 0.447 e. The van der Waals surface area contributed by atoms with Crippen LogP contribution >= 0.6 is 0 Å². The van der Waals surface area contributed by atoms with Crippen molar-refractivity contribution in [1.82, 2.24) is 0 Å². The van der Waals surface area contributed by atoms with E-state index in [1.165, 1.54) is 0 Å². The van der Waals surface area contributed by atoms with E-state index in [0.717, 1.165) is 36.8 Å². The molecule has 5 atom stereocenters. The number of fused-ring (bicyclic) bond motifs is 2. The van der Waals surface area contributed by atoms with E-state index in [0.29, 0.717) is 25.2 Å². The van der Waals surface area contributed by atoms with Gasteiger partial charge in [-0.25, -0.2) is 0 Å². The highest BCUT2D eigenvalue weighted by Crippen LogP contribution is 2.67. The van der Waals surface area contributed by atoms with E-state index in [1.807, 2.05) is 6.92 Å². The molecule has 0 aromatic rings. The summed E-state index contributed by atoms with van der Waals surface area (Å²) in [6.45, 7) is 6.06. The van der Waals surface area contributed by atoms with E-state index >= 15 is 0 Å². The van der Waals surface area contributed by atoms with Crippen molar-refractivity contribution in [2.24, 2.45) is 22.7 Å². The molecule has 6 nitrogen and oxygen atoms in total. The Morgan fingerprint density at radius 3 is 2.54 bits per heavy atom. The second kappa shape index (κ2) is 6.20. The first-order valence-corrected chi connectivity index (χ1v) is 9.94. The lowest BCUT2D eigenvalue weighted by Crippen LogP contribution is -2.76. The highest BCUT2D eigenvalue weighted by molar-refractivity contribution is 5.89. The maximum Gasteiger partial charge on any atom is 0.218 e. The van der Waals surface area contributed by atoms with Gasteiger partial charge in [-0.15, -0.1) is 0 Å². The van der Waals surface area contributed by atoms with Gasteiger partial charge in [0.1, 0.15) is 6.10 Å². The van der Waals surface area contributed by atoms with Crippen LogP contribution in [0.5, 0.6) is 0 Å². The van der Waals surface area contributed by atoms with Gasteiger partial charge < -0.3 is 9.47 Å². The number of rotatable bonds is 2. The van der Waals surface area contributed by atoms with Crippen molar-refractivity contribution in [1.29, 1.82) is 21.2 Å². The Bertz CT molecular complexity index is 887. The average molecular weight is 376 g/mol. The Kier molecular flexibility index (Phi) is 4.14. The van der Waals surface area contributed by atoms with E-state index in [4.69, 9.17) is 14.9 Å². The summed E-state index contributed by atoms with van der Waals surface area (Å²) in [6, 6.07) is 6.55. The molecule has 3 saturated heterocycles. The molecule has 0 aromatic carbocycles. The van der Waals surface area contributed by atoms with Crippen molar-refractivity contribution in [3.05, 3.63) is 23.8 Å². The fourth-order valence-electron chi connectivity index (χ4n) is 5.72. The Hall–Kier alpha value is -2.62. The quantitative estimate of drug-likeness (QED) is 0.728. The third kappa shape index (κ3) is 2.06. The predicted octanol–water partition coefficient (Wildman–Crippen LogP) is 4.13. The number of nitrogens with one attached hydrogen (secondary N) is 1. The summed E-state index contributed by atoms with van der Waals surface area (Å²) in [5.74, 6) is -1.58. The lowest BCUT2D eigenvalue weighted by Gasteiger charge is -2.64. The molecule has 6 heteroatoms. The molecule has 0 radical (unpaired) electrons. The molecular formula is C22H24N4O2. The molecule has 1 saturated carbocycles. The van der Waals surface area contributed by atoms with Gasteiger partial charge in [0.2, 0.25) is 11.7 Å². The van der Waals surface area contributed by atoms with E-state index < -0.39 is 28.6 Å². The molecule has 2 bridgehead atoms. The van der Waals surface area contributed by atoms with Gasteiger partial charge in [-0.3, -0.25) is 5.41 Å². The molecular weight excluding hydrogens is 352 g/mol. The minimum Gasteiger partial charge on any atom is -0.447 e.